The minimum atomic E-state index is -0.598. The molecule has 0 aliphatic carbocycles. The summed E-state index contributed by atoms with van der Waals surface area (Å²) in [5, 5.41) is 11.7. The number of carbonyl (C=O) groups is 1. The normalized spacial score (nSPS) is 14.1. The number of fused-ring (bicyclic) bond motifs is 1. The minimum absolute atomic E-state index is 0.0856. The van der Waals surface area contributed by atoms with Gasteiger partial charge >= 0.3 is 0 Å². The maximum atomic E-state index is 10.7. The number of nitrogens with zero attached hydrogens (tertiary/aromatic N) is 2. The average molecular weight is 288 g/mol. The molecule has 0 spiro atoms. The molecule has 0 bridgehead atoms. The molecule has 2 atom stereocenters. The molecule has 2 aromatic rings. The monoisotopic (exact) mass is 288 g/mol. The number of benzene rings is 1. The zero-order chi connectivity index (χ0) is 15.6. The third-order valence-electron chi connectivity index (χ3n) is 4.26. The van der Waals surface area contributed by atoms with Crippen LogP contribution in [0.5, 0.6) is 0 Å². The van der Waals surface area contributed by atoms with Crippen LogP contribution in [0.3, 0.4) is 0 Å². The molecular weight excluding hydrogens is 264 g/mol. The van der Waals surface area contributed by atoms with Crippen LogP contribution in [0.1, 0.15) is 31.1 Å². The smallest absolute Gasteiger partial charge is 0.209 e. The number of aliphatic hydroxyl groups excluding tert-OH is 1. The van der Waals surface area contributed by atoms with Crippen molar-refractivity contribution in [1.29, 1.82) is 0 Å². The molecule has 0 saturated heterocycles. The molecule has 1 aromatic carbocycles. The Morgan fingerprint density at radius 2 is 2.05 bits per heavy atom. The second-order valence-electron chi connectivity index (χ2n) is 5.66. The second-order valence-corrected chi connectivity index (χ2v) is 5.66. The van der Waals surface area contributed by atoms with Crippen molar-refractivity contribution in [1.82, 2.24) is 9.47 Å². The molecule has 0 radical (unpaired) electrons. The fraction of sp³-hybridized carbons (Fsp3) is 0.471. The minimum Gasteiger partial charge on any atom is -0.389 e. The van der Waals surface area contributed by atoms with E-state index in [2.05, 4.69) is 30.5 Å². The molecule has 0 saturated carbocycles. The van der Waals surface area contributed by atoms with Gasteiger partial charge in [-0.25, -0.2) is 0 Å². The number of likely N-dealkylation sites (N-methyl/N-ethyl adjacent to an activating group) is 1. The number of rotatable bonds is 6. The second kappa shape index (κ2) is 6.31. The van der Waals surface area contributed by atoms with Gasteiger partial charge in [0, 0.05) is 30.2 Å². The molecule has 4 heteroatoms. The zero-order valence-electron chi connectivity index (χ0n) is 13.2. The van der Waals surface area contributed by atoms with Crippen LogP contribution in [0.15, 0.2) is 24.3 Å². The number of aryl methyl sites for hydroxylation is 1. The van der Waals surface area contributed by atoms with E-state index in [0.717, 1.165) is 18.3 Å². The number of amides is 1. The van der Waals surface area contributed by atoms with Gasteiger partial charge in [-0.2, -0.15) is 0 Å². The van der Waals surface area contributed by atoms with Crippen LogP contribution in [0, 0.1) is 6.92 Å². The molecule has 0 aliphatic heterocycles. The summed E-state index contributed by atoms with van der Waals surface area (Å²) >= 11 is 0. The van der Waals surface area contributed by atoms with Crippen molar-refractivity contribution in [2.24, 2.45) is 0 Å². The third kappa shape index (κ3) is 2.81. The lowest BCUT2D eigenvalue weighted by Gasteiger charge is -2.25. The van der Waals surface area contributed by atoms with Gasteiger partial charge in [0.1, 0.15) is 0 Å². The first-order chi connectivity index (χ1) is 10.0. The predicted octanol–water partition coefficient (Wildman–Crippen LogP) is 2.52. The number of aliphatic hydroxyl groups is 1. The Bertz CT molecular complexity index is 633. The quantitative estimate of drug-likeness (QED) is 0.830. The molecule has 1 heterocycles. The first-order valence-electron chi connectivity index (χ1n) is 7.43. The molecule has 2 unspecified atom stereocenters. The third-order valence-corrected chi connectivity index (χ3v) is 4.26. The van der Waals surface area contributed by atoms with E-state index in [1.54, 1.807) is 7.05 Å². The van der Waals surface area contributed by atoms with E-state index in [-0.39, 0.29) is 6.04 Å². The maximum Gasteiger partial charge on any atom is 0.209 e. The van der Waals surface area contributed by atoms with Crippen LogP contribution in [-0.4, -0.2) is 40.7 Å². The van der Waals surface area contributed by atoms with Crippen molar-refractivity contribution < 1.29 is 9.90 Å². The Morgan fingerprint density at radius 3 is 2.67 bits per heavy atom. The molecule has 1 aromatic heterocycles. The predicted molar refractivity (Wildman–Crippen MR) is 85.5 cm³/mol. The van der Waals surface area contributed by atoms with Gasteiger partial charge in [0.05, 0.1) is 12.1 Å². The molecule has 4 nitrogen and oxygen atoms in total. The Labute approximate surface area is 126 Å². The number of hydrogen-bond acceptors (Lipinski definition) is 2. The fourth-order valence-corrected chi connectivity index (χ4v) is 3.09. The van der Waals surface area contributed by atoms with E-state index < -0.39 is 6.10 Å². The van der Waals surface area contributed by atoms with Crippen molar-refractivity contribution in [2.75, 3.05) is 13.6 Å². The number of hydrogen-bond donors (Lipinski definition) is 1. The zero-order valence-corrected chi connectivity index (χ0v) is 13.2. The summed E-state index contributed by atoms with van der Waals surface area (Å²) in [6, 6.07) is 8.21. The lowest BCUT2D eigenvalue weighted by molar-refractivity contribution is -0.118. The Balaban J connectivity index is 2.45. The molecule has 21 heavy (non-hydrogen) atoms. The molecule has 1 amide bonds. The van der Waals surface area contributed by atoms with Gasteiger partial charge < -0.3 is 14.6 Å². The van der Waals surface area contributed by atoms with E-state index >= 15 is 0 Å². The van der Waals surface area contributed by atoms with Crippen LogP contribution in [0.4, 0.5) is 0 Å². The SMILES string of the molecule is CCc1c(C)n(C(C)C(O)CN(C)C=O)c2ccccc12. The van der Waals surface area contributed by atoms with Crippen molar-refractivity contribution >= 4 is 17.3 Å². The van der Waals surface area contributed by atoms with Crippen LogP contribution in [-0.2, 0) is 11.2 Å². The van der Waals surface area contributed by atoms with E-state index in [1.807, 2.05) is 19.1 Å². The molecule has 2 rings (SSSR count). The standard InChI is InChI=1S/C17H24N2O2/c1-5-14-12(2)19(16-9-7-6-8-15(14)16)13(3)17(21)10-18(4)11-20/h6-9,11,13,17,21H,5,10H2,1-4H3. The Kier molecular flexibility index (Phi) is 4.68. The lowest BCUT2D eigenvalue weighted by Crippen LogP contribution is -2.34. The van der Waals surface area contributed by atoms with Crippen LogP contribution >= 0.6 is 0 Å². The summed E-state index contributed by atoms with van der Waals surface area (Å²) in [5.41, 5.74) is 3.67. The van der Waals surface area contributed by atoms with Gasteiger partial charge in [-0.15, -0.1) is 0 Å². The van der Waals surface area contributed by atoms with E-state index in [1.165, 1.54) is 21.5 Å². The first kappa shape index (κ1) is 15.6. The maximum absolute atomic E-state index is 10.7. The van der Waals surface area contributed by atoms with Crippen LogP contribution in [0.2, 0.25) is 0 Å². The summed E-state index contributed by atoms with van der Waals surface area (Å²) in [5.74, 6) is 0. The van der Waals surface area contributed by atoms with Crippen molar-refractivity contribution in [3.63, 3.8) is 0 Å². The highest BCUT2D eigenvalue weighted by Crippen LogP contribution is 2.30. The Morgan fingerprint density at radius 1 is 1.38 bits per heavy atom. The van der Waals surface area contributed by atoms with Gasteiger partial charge in [0.2, 0.25) is 6.41 Å². The van der Waals surface area contributed by atoms with Crippen LogP contribution in [0.25, 0.3) is 10.9 Å². The molecule has 0 aliphatic rings. The molecule has 0 fully saturated rings. The summed E-state index contributed by atoms with van der Waals surface area (Å²) in [7, 11) is 1.68. The molecule has 114 valence electrons. The molecular formula is C17H24N2O2. The summed E-state index contributed by atoms with van der Waals surface area (Å²) in [6.45, 7) is 6.59. The van der Waals surface area contributed by atoms with Crippen molar-refractivity contribution in [2.45, 2.75) is 39.3 Å². The van der Waals surface area contributed by atoms with Gasteiger partial charge in [-0.05, 0) is 31.9 Å². The molecule has 1 N–H and O–H groups in total. The van der Waals surface area contributed by atoms with Crippen molar-refractivity contribution in [3.05, 3.63) is 35.5 Å². The highest BCUT2D eigenvalue weighted by Gasteiger charge is 2.22. The highest BCUT2D eigenvalue weighted by molar-refractivity contribution is 5.85. The van der Waals surface area contributed by atoms with Gasteiger partial charge in [0.25, 0.3) is 0 Å². The largest absolute Gasteiger partial charge is 0.389 e. The van der Waals surface area contributed by atoms with E-state index in [4.69, 9.17) is 0 Å². The number of para-hydroxylation sites is 1. The van der Waals surface area contributed by atoms with E-state index in [0.29, 0.717) is 6.54 Å². The highest BCUT2D eigenvalue weighted by atomic mass is 16.3. The number of carbonyl (C=O) groups excluding carboxylic acids is 1. The lowest BCUT2D eigenvalue weighted by atomic mass is 10.1. The summed E-state index contributed by atoms with van der Waals surface area (Å²) in [4.78, 5) is 12.2. The van der Waals surface area contributed by atoms with Crippen LogP contribution < -0.4 is 0 Å². The first-order valence-corrected chi connectivity index (χ1v) is 7.43. The van der Waals surface area contributed by atoms with Crippen molar-refractivity contribution in [3.8, 4) is 0 Å². The fourth-order valence-electron chi connectivity index (χ4n) is 3.09. The summed E-state index contributed by atoms with van der Waals surface area (Å²) < 4.78 is 2.19. The van der Waals surface area contributed by atoms with Gasteiger partial charge in [-0.3, -0.25) is 4.79 Å². The average Bonchev–Trinajstić information content (AvgIpc) is 2.77. The van der Waals surface area contributed by atoms with E-state index in [9.17, 15) is 9.90 Å². The topological polar surface area (TPSA) is 45.5 Å². The van der Waals surface area contributed by atoms with Gasteiger partial charge in [0.15, 0.2) is 0 Å². The van der Waals surface area contributed by atoms with Gasteiger partial charge in [-0.1, -0.05) is 25.1 Å². The number of aromatic nitrogens is 1. The summed E-state index contributed by atoms with van der Waals surface area (Å²) in [6.07, 6.45) is 1.11. The Hall–Kier alpha value is -1.81.